The van der Waals surface area contributed by atoms with Gasteiger partial charge in [-0.1, -0.05) is 85.2 Å². The monoisotopic (exact) mass is 789 g/mol. The highest BCUT2D eigenvalue weighted by Gasteiger charge is 2.43. The van der Waals surface area contributed by atoms with Crippen molar-refractivity contribution in [3.63, 3.8) is 0 Å². The Bertz CT molecular complexity index is 1390. The highest BCUT2D eigenvalue weighted by molar-refractivity contribution is 5.90. The van der Waals surface area contributed by atoms with Crippen LogP contribution in [0.2, 0.25) is 0 Å². The van der Waals surface area contributed by atoms with Crippen molar-refractivity contribution in [1.29, 1.82) is 0 Å². The summed E-state index contributed by atoms with van der Waals surface area (Å²) < 4.78 is 17.3. The summed E-state index contributed by atoms with van der Waals surface area (Å²) in [6.07, 6.45) is 1.30. The minimum absolute atomic E-state index is 0.0110. The minimum Gasteiger partial charge on any atom is -0.463 e. The Morgan fingerprint density at radius 3 is 2.07 bits per heavy atom. The van der Waals surface area contributed by atoms with Gasteiger partial charge in [0.25, 0.3) is 0 Å². The van der Waals surface area contributed by atoms with Crippen LogP contribution >= 0.6 is 0 Å². The van der Waals surface area contributed by atoms with Gasteiger partial charge in [0, 0.05) is 27.8 Å². The molecule has 0 aromatic heterocycles. The second-order valence-electron chi connectivity index (χ2n) is 16.3. The molecular formula is C42H72N6O8. The molecular weight excluding hydrogens is 716 g/mol. The van der Waals surface area contributed by atoms with Crippen molar-refractivity contribution >= 4 is 29.6 Å². The smallest absolute Gasteiger partial charge is 0.319 e. The zero-order valence-corrected chi connectivity index (χ0v) is 36.1. The second-order valence-corrected chi connectivity index (χ2v) is 16.3. The number of methoxy groups -OCH3 is 2. The first-order chi connectivity index (χ1) is 26.4. The lowest BCUT2D eigenvalue weighted by molar-refractivity contribution is -0.148. The molecule has 1 heterocycles. The number of likely N-dealkylation sites (tertiary alicyclic amines) is 1. The normalized spacial score (nSPS) is 18.8. The minimum atomic E-state index is -0.772. The molecule has 1 aromatic carbocycles. The molecule has 0 saturated carbocycles. The van der Waals surface area contributed by atoms with E-state index in [1.54, 1.807) is 38.0 Å². The zero-order chi connectivity index (χ0) is 42.3. The van der Waals surface area contributed by atoms with E-state index >= 15 is 0 Å². The van der Waals surface area contributed by atoms with E-state index in [4.69, 9.17) is 19.9 Å². The molecule has 2 unspecified atom stereocenters. The molecule has 4 N–H and O–H groups in total. The number of rotatable bonds is 23. The van der Waals surface area contributed by atoms with Crippen LogP contribution in [0, 0.1) is 23.7 Å². The van der Waals surface area contributed by atoms with E-state index in [0.29, 0.717) is 19.4 Å². The van der Waals surface area contributed by atoms with Gasteiger partial charge in [-0.15, -0.1) is 0 Å². The van der Waals surface area contributed by atoms with E-state index in [-0.39, 0.29) is 67.0 Å². The summed E-state index contributed by atoms with van der Waals surface area (Å²) in [6.45, 7) is 13.8. The summed E-state index contributed by atoms with van der Waals surface area (Å²) >= 11 is 0. The van der Waals surface area contributed by atoms with Gasteiger partial charge in [0.1, 0.15) is 12.6 Å². The molecule has 0 aliphatic carbocycles. The predicted octanol–water partition coefficient (Wildman–Crippen LogP) is 2.86. The van der Waals surface area contributed by atoms with E-state index in [0.717, 1.165) is 18.4 Å². The van der Waals surface area contributed by atoms with E-state index < -0.39 is 48.3 Å². The van der Waals surface area contributed by atoms with Gasteiger partial charge in [0.2, 0.25) is 23.6 Å². The van der Waals surface area contributed by atoms with Crippen LogP contribution in [0.3, 0.4) is 0 Å². The Hall–Kier alpha value is -3.59. The highest BCUT2D eigenvalue weighted by atomic mass is 16.5. The molecule has 0 radical (unpaired) electrons. The second kappa shape index (κ2) is 23.6. The van der Waals surface area contributed by atoms with Crippen LogP contribution in [-0.2, 0) is 44.6 Å². The number of esters is 1. The van der Waals surface area contributed by atoms with Crippen LogP contribution in [0.15, 0.2) is 30.3 Å². The molecule has 0 bridgehead atoms. The number of nitrogens with two attached hydrogens (primary N) is 1. The average molecular weight is 789 g/mol. The summed E-state index contributed by atoms with van der Waals surface area (Å²) in [5, 5.41) is 6.08. The third-order valence-corrected chi connectivity index (χ3v) is 11.2. The van der Waals surface area contributed by atoms with Gasteiger partial charge in [-0.2, -0.15) is 0 Å². The number of nitrogens with zero attached hydrogens (tertiary/aromatic N) is 3. The molecule has 9 atom stereocenters. The van der Waals surface area contributed by atoms with Gasteiger partial charge in [0.05, 0.1) is 55.3 Å². The van der Waals surface area contributed by atoms with E-state index in [9.17, 15) is 24.0 Å². The van der Waals surface area contributed by atoms with Crippen LogP contribution < -0.4 is 16.4 Å². The number of nitrogens with one attached hydrogen (secondary N) is 2. The number of likely N-dealkylation sites (N-methyl/N-ethyl adjacent to an activating group) is 2. The lowest BCUT2D eigenvalue weighted by Gasteiger charge is -2.41. The third kappa shape index (κ3) is 13.5. The van der Waals surface area contributed by atoms with Gasteiger partial charge in [-0.05, 0) is 56.7 Å². The summed E-state index contributed by atoms with van der Waals surface area (Å²) in [5.41, 5.74) is 6.41. The van der Waals surface area contributed by atoms with E-state index in [2.05, 4.69) is 10.6 Å². The summed E-state index contributed by atoms with van der Waals surface area (Å²) in [7, 11) is 8.53. The number of ether oxygens (including phenoxy) is 3. The molecule has 0 spiro atoms. The SMILES string of the molecule is CC[C@H](C)[C@@H]([C@@H](CC(=O)N1CCC[C@H]1[C@H](OC)[C@@H](C)C(=O)N[C@H](COC(=O)CN)Cc1ccccc1)OC)N(C)C(=O)C(NC(=O)C(C(C)C)N(C)C)C(C)C. The summed E-state index contributed by atoms with van der Waals surface area (Å²) in [6, 6.07) is 7.07. The quantitative estimate of drug-likeness (QED) is 0.140. The number of amides is 4. The average Bonchev–Trinajstić information content (AvgIpc) is 3.64. The molecule has 14 nitrogen and oxygen atoms in total. The van der Waals surface area contributed by atoms with E-state index in [1.165, 1.54) is 0 Å². The number of hydrogen-bond acceptors (Lipinski definition) is 10. The standard InChI is InChI=1S/C42H72N6O8/c1-13-28(6)38(47(10)42(53)36(26(2)3)45-41(52)37(27(4)5)46(8)9)33(54-11)23-34(49)48-21-17-20-32(48)39(55-12)29(7)40(51)44-31(25-56-35(50)24-43)22-30-18-15-14-16-19-30/h14-16,18-19,26-29,31-33,36-39H,13,17,20-25,43H2,1-12H3,(H,44,51)(H,45,52)/t28-,29+,31-,32-,33+,36?,37?,38-,39+/m0/s1. The molecule has 56 heavy (non-hydrogen) atoms. The Balaban J connectivity index is 2.28. The molecule has 2 rings (SSSR count). The van der Waals surface area contributed by atoms with Gasteiger partial charge in [-0.3, -0.25) is 28.9 Å². The Morgan fingerprint density at radius 2 is 1.55 bits per heavy atom. The highest BCUT2D eigenvalue weighted by Crippen LogP contribution is 2.30. The first-order valence-electron chi connectivity index (χ1n) is 20.2. The van der Waals surface area contributed by atoms with Crippen molar-refractivity contribution < 1.29 is 38.2 Å². The molecule has 1 saturated heterocycles. The summed E-state index contributed by atoms with van der Waals surface area (Å²) in [5.74, 6) is -2.28. The molecule has 14 heteroatoms. The number of carbonyl (C=O) groups is 5. The molecule has 318 valence electrons. The zero-order valence-electron chi connectivity index (χ0n) is 36.1. The molecule has 1 aromatic rings. The van der Waals surface area contributed by atoms with E-state index in [1.807, 2.05) is 90.9 Å². The largest absolute Gasteiger partial charge is 0.463 e. The fourth-order valence-corrected chi connectivity index (χ4v) is 8.05. The summed E-state index contributed by atoms with van der Waals surface area (Å²) in [4.78, 5) is 72.9. The van der Waals surface area contributed by atoms with Crippen molar-refractivity contribution in [2.24, 2.45) is 29.4 Å². The van der Waals surface area contributed by atoms with Crippen LogP contribution in [0.25, 0.3) is 0 Å². The molecule has 1 aliphatic heterocycles. The van der Waals surface area contributed by atoms with Crippen molar-refractivity contribution in [3.8, 4) is 0 Å². The number of benzene rings is 1. The lowest BCUT2D eigenvalue weighted by Crippen LogP contribution is -2.59. The van der Waals surface area contributed by atoms with Crippen LogP contribution in [0.1, 0.15) is 79.7 Å². The van der Waals surface area contributed by atoms with Gasteiger partial charge < -0.3 is 40.4 Å². The van der Waals surface area contributed by atoms with Crippen molar-refractivity contribution in [2.75, 3.05) is 55.1 Å². The first kappa shape index (κ1) is 48.6. The topological polar surface area (TPSA) is 173 Å². The third-order valence-electron chi connectivity index (χ3n) is 11.2. The Kier molecular flexibility index (Phi) is 20.5. The van der Waals surface area contributed by atoms with Crippen LogP contribution in [-0.4, -0.2) is 142 Å². The van der Waals surface area contributed by atoms with Gasteiger partial charge in [-0.25, -0.2) is 0 Å². The van der Waals surface area contributed by atoms with Crippen LogP contribution in [0.4, 0.5) is 0 Å². The van der Waals surface area contributed by atoms with Crippen LogP contribution in [0.5, 0.6) is 0 Å². The molecule has 4 amide bonds. The predicted molar refractivity (Wildman–Crippen MR) is 217 cm³/mol. The first-order valence-corrected chi connectivity index (χ1v) is 20.2. The maximum absolute atomic E-state index is 14.3. The number of hydrogen-bond donors (Lipinski definition) is 3. The molecule has 1 aliphatic rings. The van der Waals surface area contributed by atoms with Crippen molar-refractivity contribution in [1.82, 2.24) is 25.3 Å². The lowest BCUT2D eigenvalue weighted by atomic mass is 9.89. The maximum Gasteiger partial charge on any atom is 0.319 e. The Morgan fingerprint density at radius 1 is 0.911 bits per heavy atom. The fourth-order valence-electron chi connectivity index (χ4n) is 8.05. The van der Waals surface area contributed by atoms with Crippen molar-refractivity contribution in [3.05, 3.63) is 35.9 Å². The molecule has 1 fully saturated rings. The van der Waals surface area contributed by atoms with Gasteiger partial charge >= 0.3 is 5.97 Å². The van der Waals surface area contributed by atoms with Crippen molar-refractivity contribution in [2.45, 2.75) is 123 Å². The number of carbonyl (C=O) groups excluding carboxylic acids is 5. The Labute approximate surface area is 335 Å². The maximum atomic E-state index is 14.3. The fraction of sp³-hybridized carbons (Fsp3) is 0.738. The van der Waals surface area contributed by atoms with Gasteiger partial charge in [0.15, 0.2) is 0 Å².